The zero-order valence-corrected chi connectivity index (χ0v) is 7.90. The van der Waals surface area contributed by atoms with Crippen molar-refractivity contribution in [1.29, 1.82) is 0 Å². The van der Waals surface area contributed by atoms with Gasteiger partial charge in [-0.05, 0) is 11.6 Å². The molecule has 4 nitrogen and oxygen atoms in total. The Morgan fingerprint density at radius 3 is 2.44 bits per heavy atom. The molecule has 1 rings (SSSR count). The molecule has 0 aliphatic heterocycles. The molecule has 0 amide bonds. The van der Waals surface area contributed by atoms with Crippen LogP contribution in [0.4, 0.5) is 13.2 Å². The fourth-order valence-corrected chi connectivity index (χ4v) is 1.05. The lowest BCUT2D eigenvalue weighted by Crippen LogP contribution is -2.10. The SMILES string of the molecule is O=C(O)C[C@@H](O)c1ccc(C(F)(F)F)nc1. The Balaban J connectivity index is 2.83. The molecule has 0 aliphatic carbocycles. The van der Waals surface area contributed by atoms with Gasteiger partial charge in [-0.15, -0.1) is 0 Å². The smallest absolute Gasteiger partial charge is 0.433 e. The number of carboxylic acids is 1. The molecule has 1 heterocycles. The van der Waals surface area contributed by atoms with E-state index in [1.54, 1.807) is 0 Å². The molecule has 16 heavy (non-hydrogen) atoms. The summed E-state index contributed by atoms with van der Waals surface area (Å²) in [5, 5.41) is 17.7. The van der Waals surface area contributed by atoms with Crippen LogP contribution in [0.15, 0.2) is 18.3 Å². The number of rotatable bonds is 3. The van der Waals surface area contributed by atoms with E-state index in [0.717, 1.165) is 12.3 Å². The van der Waals surface area contributed by atoms with E-state index >= 15 is 0 Å². The Bertz CT molecular complexity index is 375. The molecule has 2 N–H and O–H groups in total. The number of nitrogens with zero attached hydrogens (tertiary/aromatic N) is 1. The summed E-state index contributed by atoms with van der Waals surface area (Å²) in [6, 6.07) is 1.70. The Labute approximate surface area is 88.4 Å². The van der Waals surface area contributed by atoms with Crippen molar-refractivity contribution in [3.63, 3.8) is 0 Å². The monoisotopic (exact) mass is 235 g/mol. The Morgan fingerprint density at radius 1 is 1.44 bits per heavy atom. The second kappa shape index (κ2) is 4.48. The Kier molecular flexibility index (Phi) is 3.48. The second-order valence-corrected chi connectivity index (χ2v) is 3.09. The number of aliphatic carboxylic acids is 1. The summed E-state index contributed by atoms with van der Waals surface area (Å²) >= 11 is 0. The molecule has 7 heteroatoms. The third-order valence-electron chi connectivity index (χ3n) is 1.83. The van der Waals surface area contributed by atoms with E-state index in [2.05, 4.69) is 4.98 Å². The molecule has 88 valence electrons. The van der Waals surface area contributed by atoms with Gasteiger partial charge in [-0.2, -0.15) is 13.2 Å². The van der Waals surface area contributed by atoms with Gasteiger partial charge in [0.1, 0.15) is 5.69 Å². The molecule has 0 saturated heterocycles. The van der Waals surface area contributed by atoms with Gasteiger partial charge in [0.25, 0.3) is 0 Å². The van der Waals surface area contributed by atoms with Crippen LogP contribution >= 0.6 is 0 Å². The minimum atomic E-state index is -4.55. The van der Waals surface area contributed by atoms with Crippen molar-refractivity contribution < 1.29 is 28.2 Å². The van der Waals surface area contributed by atoms with Crippen molar-refractivity contribution in [3.8, 4) is 0 Å². The lowest BCUT2D eigenvalue weighted by atomic mass is 10.1. The normalized spacial score (nSPS) is 13.5. The van der Waals surface area contributed by atoms with Gasteiger partial charge in [0.05, 0.1) is 12.5 Å². The first-order valence-electron chi connectivity index (χ1n) is 4.23. The van der Waals surface area contributed by atoms with Crippen molar-refractivity contribution in [2.75, 3.05) is 0 Å². The Morgan fingerprint density at radius 2 is 2.06 bits per heavy atom. The van der Waals surface area contributed by atoms with Crippen LogP contribution < -0.4 is 0 Å². The van der Waals surface area contributed by atoms with E-state index < -0.39 is 30.4 Å². The zero-order valence-electron chi connectivity index (χ0n) is 7.90. The molecule has 0 bridgehead atoms. The highest BCUT2D eigenvalue weighted by molar-refractivity contribution is 5.67. The van der Waals surface area contributed by atoms with Crippen LogP contribution in [0.25, 0.3) is 0 Å². The number of alkyl halides is 3. The first-order chi connectivity index (χ1) is 7.30. The van der Waals surface area contributed by atoms with Crippen molar-refractivity contribution in [1.82, 2.24) is 4.98 Å². The molecule has 0 fully saturated rings. The van der Waals surface area contributed by atoms with Gasteiger partial charge < -0.3 is 10.2 Å². The van der Waals surface area contributed by atoms with Crippen LogP contribution in [-0.4, -0.2) is 21.2 Å². The third-order valence-corrected chi connectivity index (χ3v) is 1.83. The van der Waals surface area contributed by atoms with Crippen molar-refractivity contribution in [3.05, 3.63) is 29.6 Å². The third kappa shape index (κ3) is 3.20. The molecule has 0 saturated carbocycles. The largest absolute Gasteiger partial charge is 0.481 e. The van der Waals surface area contributed by atoms with E-state index in [4.69, 9.17) is 5.11 Å². The zero-order chi connectivity index (χ0) is 12.3. The van der Waals surface area contributed by atoms with Crippen molar-refractivity contribution in [2.45, 2.75) is 18.7 Å². The number of halogens is 3. The number of pyridine rings is 1. The summed E-state index contributed by atoms with van der Waals surface area (Å²) in [7, 11) is 0. The molecular formula is C9H8F3NO3. The highest BCUT2D eigenvalue weighted by Gasteiger charge is 2.32. The maximum absolute atomic E-state index is 12.1. The maximum atomic E-state index is 12.1. The number of carboxylic acid groups (broad SMARTS) is 1. The van der Waals surface area contributed by atoms with E-state index in [1.165, 1.54) is 0 Å². The van der Waals surface area contributed by atoms with Gasteiger partial charge in [-0.3, -0.25) is 9.78 Å². The quantitative estimate of drug-likeness (QED) is 0.834. The van der Waals surface area contributed by atoms with E-state index in [1.807, 2.05) is 0 Å². The first kappa shape index (κ1) is 12.4. The molecular weight excluding hydrogens is 227 g/mol. The number of carbonyl (C=O) groups is 1. The Hall–Kier alpha value is -1.63. The van der Waals surface area contributed by atoms with Crippen LogP contribution in [0.2, 0.25) is 0 Å². The average Bonchev–Trinajstić information content (AvgIpc) is 2.15. The minimum Gasteiger partial charge on any atom is -0.481 e. The number of aliphatic hydroxyl groups excluding tert-OH is 1. The van der Waals surface area contributed by atoms with Crippen LogP contribution in [0, 0.1) is 0 Å². The highest BCUT2D eigenvalue weighted by Crippen LogP contribution is 2.28. The van der Waals surface area contributed by atoms with Crippen LogP contribution in [0.5, 0.6) is 0 Å². The molecule has 0 radical (unpaired) electrons. The standard InChI is InChI=1S/C9H8F3NO3/c10-9(11,12)7-2-1-5(4-13-7)6(14)3-8(15)16/h1-2,4,6,14H,3H2,(H,15,16)/t6-/m1/s1. The number of hydrogen-bond acceptors (Lipinski definition) is 3. The highest BCUT2D eigenvalue weighted by atomic mass is 19.4. The minimum absolute atomic E-state index is 0.0374. The topological polar surface area (TPSA) is 70.4 Å². The molecule has 0 unspecified atom stereocenters. The predicted octanol–water partition coefficient (Wildman–Crippen LogP) is 1.61. The summed E-state index contributed by atoms with van der Waals surface area (Å²) in [6.07, 6.45) is -5.66. The van der Waals surface area contributed by atoms with Gasteiger partial charge in [0.15, 0.2) is 0 Å². The lowest BCUT2D eigenvalue weighted by molar-refractivity contribution is -0.141. The van der Waals surface area contributed by atoms with Crippen molar-refractivity contribution >= 4 is 5.97 Å². The molecule has 1 aromatic rings. The molecule has 1 aromatic heterocycles. The van der Waals surface area contributed by atoms with Gasteiger partial charge in [0.2, 0.25) is 0 Å². The summed E-state index contributed by atoms with van der Waals surface area (Å²) in [5.74, 6) is -1.24. The molecule has 0 aromatic carbocycles. The summed E-state index contributed by atoms with van der Waals surface area (Å²) in [6.45, 7) is 0. The van der Waals surface area contributed by atoms with E-state index in [9.17, 15) is 23.1 Å². The number of aromatic nitrogens is 1. The number of hydrogen-bond donors (Lipinski definition) is 2. The van der Waals surface area contributed by atoms with Crippen LogP contribution in [-0.2, 0) is 11.0 Å². The van der Waals surface area contributed by atoms with Gasteiger partial charge in [-0.25, -0.2) is 0 Å². The lowest BCUT2D eigenvalue weighted by Gasteiger charge is -2.09. The summed E-state index contributed by atoms with van der Waals surface area (Å²) < 4.78 is 36.3. The first-order valence-corrected chi connectivity index (χ1v) is 4.23. The van der Waals surface area contributed by atoms with Gasteiger partial charge in [0, 0.05) is 6.20 Å². The maximum Gasteiger partial charge on any atom is 0.433 e. The second-order valence-electron chi connectivity index (χ2n) is 3.09. The van der Waals surface area contributed by atoms with Gasteiger partial charge in [-0.1, -0.05) is 6.07 Å². The number of aliphatic hydroxyl groups is 1. The fourth-order valence-electron chi connectivity index (χ4n) is 1.05. The van der Waals surface area contributed by atoms with Crippen LogP contribution in [0.3, 0.4) is 0 Å². The summed E-state index contributed by atoms with van der Waals surface area (Å²) in [5.41, 5.74) is -1.05. The summed E-state index contributed by atoms with van der Waals surface area (Å²) in [4.78, 5) is 13.3. The average molecular weight is 235 g/mol. The van der Waals surface area contributed by atoms with Crippen LogP contribution in [0.1, 0.15) is 23.8 Å². The van der Waals surface area contributed by atoms with Gasteiger partial charge >= 0.3 is 12.1 Å². The molecule has 0 spiro atoms. The van der Waals surface area contributed by atoms with E-state index in [0.29, 0.717) is 6.07 Å². The fraction of sp³-hybridized carbons (Fsp3) is 0.333. The molecule has 1 atom stereocenters. The van der Waals surface area contributed by atoms with E-state index in [-0.39, 0.29) is 5.56 Å². The van der Waals surface area contributed by atoms with Crippen molar-refractivity contribution in [2.24, 2.45) is 0 Å². The molecule has 0 aliphatic rings. The predicted molar refractivity (Wildman–Crippen MR) is 46.5 cm³/mol.